The Labute approximate surface area is 120 Å². The Bertz CT molecular complexity index is 449. The van der Waals surface area contributed by atoms with E-state index < -0.39 is 0 Å². The molecule has 0 fully saturated rings. The van der Waals surface area contributed by atoms with Crippen molar-refractivity contribution in [2.45, 2.75) is 45.2 Å². The molecule has 0 aliphatic rings. The highest BCUT2D eigenvalue weighted by Crippen LogP contribution is 2.12. The molecular weight excluding hydrogens is 250 g/mol. The maximum absolute atomic E-state index is 3.70. The molecule has 2 unspecified atom stereocenters. The summed E-state index contributed by atoms with van der Waals surface area (Å²) in [5, 5.41) is 5.85. The molecule has 1 nitrogen and oxygen atoms in total. The molecule has 2 aromatic rings. The van der Waals surface area contributed by atoms with E-state index in [1.165, 1.54) is 16.9 Å². The zero-order chi connectivity index (χ0) is 13.5. The predicted molar refractivity (Wildman–Crippen MR) is 84.8 cm³/mol. The molecule has 0 bridgehead atoms. The maximum atomic E-state index is 3.70. The fraction of sp³-hybridized carbons (Fsp3) is 0.412. The fourth-order valence-electron chi connectivity index (χ4n) is 2.39. The number of hydrogen-bond acceptors (Lipinski definition) is 2. The Kier molecular flexibility index (Phi) is 5.62. The van der Waals surface area contributed by atoms with Crippen LogP contribution >= 0.6 is 11.3 Å². The normalized spacial score (nSPS) is 14.2. The van der Waals surface area contributed by atoms with E-state index in [9.17, 15) is 0 Å². The van der Waals surface area contributed by atoms with Crippen molar-refractivity contribution in [3.63, 3.8) is 0 Å². The van der Waals surface area contributed by atoms with Crippen molar-refractivity contribution in [2.24, 2.45) is 0 Å². The molecule has 2 rings (SSSR count). The molecule has 0 amide bonds. The van der Waals surface area contributed by atoms with Crippen molar-refractivity contribution < 1.29 is 0 Å². The zero-order valence-corrected chi connectivity index (χ0v) is 12.6. The summed E-state index contributed by atoms with van der Waals surface area (Å²) in [7, 11) is 0. The van der Waals surface area contributed by atoms with Gasteiger partial charge in [-0.15, -0.1) is 11.3 Å². The van der Waals surface area contributed by atoms with E-state index in [0.717, 1.165) is 12.8 Å². The molecule has 0 radical (unpaired) electrons. The second-order valence-electron chi connectivity index (χ2n) is 5.28. The minimum absolute atomic E-state index is 0.546. The van der Waals surface area contributed by atoms with Crippen LogP contribution < -0.4 is 5.32 Å². The van der Waals surface area contributed by atoms with Gasteiger partial charge < -0.3 is 5.32 Å². The average molecular weight is 273 g/mol. The van der Waals surface area contributed by atoms with Crippen LogP contribution in [-0.4, -0.2) is 12.1 Å². The van der Waals surface area contributed by atoms with E-state index in [0.29, 0.717) is 12.1 Å². The van der Waals surface area contributed by atoms with E-state index in [2.05, 4.69) is 67.0 Å². The van der Waals surface area contributed by atoms with Crippen molar-refractivity contribution in [1.82, 2.24) is 5.32 Å². The Hall–Kier alpha value is -1.12. The molecule has 0 spiro atoms. The quantitative estimate of drug-likeness (QED) is 0.793. The van der Waals surface area contributed by atoms with Crippen molar-refractivity contribution in [1.29, 1.82) is 0 Å². The van der Waals surface area contributed by atoms with Crippen molar-refractivity contribution in [2.75, 3.05) is 0 Å². The van der Waals surface area contributed by atoms with Crippen LogP contribution in [0.5, 0.6) is 0 Å². The summed E-state index contributed by atoms with van der Waals surface area (Å²) >= 11 is 1.85. The predicted octanol–water partition coefficient (Wildman–Crippen LogP) is 4.29. The second kappa shape index (κ2) is 7.46. The van der Waals surface area contributed by atoms with Crippen LogP contribution in [0.3, 0.4) is 0 Å². The molecule has 1 aromatic heterocycles. The van der Waals surface area contributed by atoms with E-state index in [1.54, 1.807) is 0 Å². The Morgan fingerprint density at radius 1 is 1.00 bits per heavy atom. The molecule has 1 N–H and O–H groups in total. The van der Waals surface area contributed by atoms with Crippen LogP contribution in [-0.2, 0) is 12.8 Å². The smallest absolute Gasteiger partial charge is 0.00894 e. The van der Waals surface area contributed by atoms with Crippen LogP contribution in [0, 0.1) is 0 Å². The lowest BCUT2D eigenvalue weighted by molar-refractivity contribution is 0.445. The number of nitrogens with one attached hydrogen (secondary N) is 1. The fourth-order valence-corrected chi connectivity index (χ4v) is 3.22. The molecular formula is C17H23NS. The van der Waals surface area contributed by atoms with Gasteiger partial charge in [0.2, 0.25) is 0 Å². The highest BCUT2D eigenvalue weighted by molar-refractivity contribution is 7.09. The third-order valence-corrected chi connectivity index (χ3v) is 4.26. The lowest BCUT2D eigenvalue weighted by atomic mass is 10.1. The molecule has 1 heterocycles. The minimum atomic E-state index is 0.546. The topological polar surface area (TPSA) is 12.0 Å². The van der Waals surface area contributed by atoms with Gasteiger partial charge in [0.05, 0.1) is 0 Å². The first kappa shape index (κ1) is 14.3. The summed E-state index contributed by atoms with van der Waals surface area (Å²) in [5.74, 6) is 0. The number of hydrogen-bond donors (Lipinski definition) is 1. The van der Waals surface area contributed by atoms with Gasteiger partial charge in [0.1, 0.15) is 0 Å². The summed E-state index contributed by atoms with van der Waals surface area (Å²) < 4.78 is 0. The van der Waals surface area contributed by atoms with Crippen LogP contribution in [0.15, 0.2) is 47.8 Å². The molecule has 102 valence electrons. The molecule has 0 aliphatic carbocycles. The van der Waals surface area contributed by atoms with E-state index >= 15 is 0 Å². The standard InChI is InChI=1S/C17H23NS/c1-14(10-11-16-7-4-3-5-8-16)18-15(2)13-17-9-6-12-19-17/h3-9,12,14-15,18H,10-11,13H2,1-2H3. The Balaban J connectivity index is 1.70. The number of thiophene rings is 1. The number of aryl methyl sites for hydroxylation is 1. The first-order valence-corrected chi connectivity index (χ1v) is 7.94. The monoisotopic (exact) mass is 273 g/mol. The molecule has 2 atom stereocenters. The van der Waals surface area contributed by atoms with Gasteiger partial charge in [0, 0.05) is 17.0 Å². The zero-order valence-electron chi connectivity index (χ0n) is 11.8. The van der Waals surface area contributed by atoms with Crippen molar-refractivity contribution >= 4 is 11.3 Å². The minimum Gasteiger partial charge on any atom is -0.311 e. The summed E-state index contributed by atoms with van der Waals surface area (Å²) in [6.07, 6.45) is 3.48. The average Bonchev–Trinajstić information content (AvgIpc) is 2.90. The summed E-state index contributed by atoms with van der Waals surface area (Å²) in [6, 6.07) is 16.2. The number of benzene rings is 1. The number of rotatable bonds is 7. The van der Waals surface area contributed by atoms with Gasteiger partial charge in [-0.25, -0.2) is 0 Å². The van der Waals surface area contributed by atoms with Gasteiger partial charge >= 0.3 is 0 Å². The Morgan fingerprint density at radius 2 is 1.79 bits per heavy atom. The maximum Gasteiger partial charge on any atom is 0.00894 e. The Morgan fingerprint density at radius 3 is 2.47 bits per heavy atom. The third-order valence-electron chi connectivity index (χ3n) is 3.37. The molecule has 19 heavy (non-hydrogen) atoms. The first-order chi connectivity index (χ1) is 9.24. The van der Waals surface area contributed by atoms with Gasteiger partial charge in [-0.3, -0.25) is 0 Å². The van der Waals surface area contributed by atoms with Crippen LogP contribution in [0.2, 0.25) is 0 Å². The molecule has 0 saturated carbocycles. The molecule has 0 aliphatic heterocycles. The molecule has 0 saturated heterocycles. The van der Waals surface area contributed by atoms with Gasteiger partial charge in [0.25, 0.3) is 0 Å². The van der Waals surface area contributed by atoms with Gasteiger partial charge in [-0.2, -0.15) is 0 Å². The summed E-state index contributed by atoms with van der Waals surface area (Å²) in [6.45, 7) is 4.56. The van der Waals surface area contributed by atoms with Crippen LogP contribution in [0.1, 0.15) is 30.7 Å². The van der Waals surface area contributed by atoms with Crippen molar-refractivity contribution in [3.8, 4) is 0 Å². The van der Waals surface area contributed by atoms with E-state index in [4.69, 9.17) is 0 Å². The first-order valence-electron chi connectivity index (χ1n) is 7.06. The van der Waals surface area contributed by atoms with E-state index in [-0.39, 0.29) is 0 Å². The van der Waals surface area contributed by atoms with Gasteiger partial charge in [0.15, 0.2) is 0 Å². The van der Waals surface area contributed by atoms with E-state index in [1.807, 2.05) is 11.3 Å². The van der Waals surface area contributed by atoms with Crippen LogP contribution in [0.4, 0.5) is 0 Å². The SMILES string of the molecule is CC(CCc1ccccc1)NC(C)Cc1cccs1. The lowest BCUT2D eigenvalue weighted by Gasteiger charge is -2.19. The van der Waals surface area contributed by atoms with Crippen LogP contribution in [0.25, 0.3) is 0 Å². The largest absolute Gasteiger partial charge is 0.311 e. The van der Waals surface area contributed by atoms with Gasteiger partial charge in [-0.1, -0.05) is 36.4 Å². The van der Waals surface area contributed by atoms with Crippen molar-refractivity contribution in [3.05, 3.63) is 58.3 Å². The lowest BCUT2D eigenvalue weighted by Crippen LogP contribution is -2.36. The molecule has 1 aromatic carbocycles. The highest BCUT2D eigenvalue weighted by atomic mass is 32.1. The third kappa shape index (κ3) is 5.17. The highest BCUT2D eigenvalue weighted by Gasteiger charge is 2.08. The summed E-state index contributed by atoms with van der Waals surface area (Å²) in [4.78, 5) is 1.47. The molecule has 2 heteroatoms. The second-order valence-corrected chi connectivity index (χ2v) is 6.31. The van der Waals surface area contributed by atoms with Gasteiger partial charge in [-0.05, 0) is 50.1 Å². The summed E-state index contributed by atoms with van der Waals surface area (Å²) in [5.41, 5.74) is 1.43.